The molecule has 0 aliphatic heterocycles. The third kappa shape index (κ3) is 2.28. The van der Waals surface area contributed by atoms with Gasteiger partial charge in [-0.2, -0.15) is 5.26 Å². The number of para-hydroxylation sites is 1. The molecule has 0 fully saturated rings. The van der Waals surface area contributed by atoms with Gasteiger partial charge in [-0.05, 0) is 35.9 Å². The number of rotatable bonds is 3. The fourth-order valence-corrected chi connectivity index (χ4v) is 2.44. The lowest BCUT2D eigenvalue weighted by atomic mass is 10.0. The maximum Gasteiger partial charge on any atom is 0.0708 e. The highest BCUT2D eigenvalue weighted by atomic mass is 14.6. The van der Waals surface area contributed by atoms with Crippen molar-refractivity contribution in [3.63, 3.8) is 0 Å². The second-order valence-electron chi connectivity index (χ2n) is 4.71. The quantitative estimate of drug-likeness (QED) is 0.512. The van der Waals surface area contributed by atoms with Crippen LogP contribution in [-0.2, 0) is 6.42 Å². The molecular formula is C17H14N2. The zero-order valence-electron chi connectivity index (χ0n) is 10.6. The Bertz CT molecular complexity index is 769. The Morgan fingerprint density at radius 2 is 1.95 bits per heavy atom. The molecule has 0 aliphatic carbocycles. The summed E-state index contributed by atoms with van der Waals surface area (Å²) in [4.78, 5) is 4.49. The van der Waals surface area contributed by atoms with Crippen molar-refractivity contribution in [2.75, 3.05) is 0 Å². The molecule has 1 heterocycles. The van der Waals surface area contributed by atoms with Gasteiger partial charge in [0.2, 0.25) is 0 Å². The van der Waals surface area contributed by atoms with Crippen LogP contribution in [0.15, 0.2) is 48.7 Å². The first kappa shape index (κ1) is 11.7. The predicted octanol–water partition coefficient (Wildman–Crippen LogP) is 4.23. The fourth-order valence-electron chi connectivity index (χ4n) is 2.44. The summed E-state index contributed by atoms with van der Waals surface area (Å²) in [7, 11) is 0. The highest BCUT2D eigenvalue weighted by Crippen LogP contribution is 2.24. The molecule has 0 spiro atoms. The van der Waals surface area contributed by atoms with E-state index in [4.69, 9.17) is 5.26 Å². The minimum absolute atomic E-state index is 0.619. The van der Waals surface area contributed by atoms with E-state index < -0.39 is 0 Å². The molecule has 0 bridgehead atoms. The zero-order chi connectivity index (χ0) is 13.1. The van der Waals surface area contributed by atoms with Crippen LogP contribution in [0.5, 0.6) is 0 Å². The predicted molar refractivity (Wildman–Crippen MR) is 77.8 cm³/mol. The number of fused-ring (bicyclic) bond motifs is 3. The van der Waals surface area contributed by atoms with Gasteiger partial charge in [-0.3, -0.25) is 4.98 Å². The molecule has 19 heavy (non-hydrogen) atoms. The van der Waals surface area contributed by atoms with E-state index in [9.17, 15) is 0 Å². The van der Waals surface area contributed by atoms with Gasteiger partial charge in [0.05, 0.1) is 11.6 Å². The van der Waals surface area contributed by atoms with Crippen LogP contribution >= 0.6 is 0 Å². The number of pyridine rings is 1. The lowest BCUT2D eigenvalue weighted by Crippen LogP contribution is -1.87. The summed E-state index contributed by atoms with van der Waals surface area (Å²) in [6.07, 6.45) is 4.43. The summed E-state index contributed by atoms with van der Waals surface area (Å²) >= 11 is 0. The molecule has 0 aliphatic rings. The maximum absolute atomic E-state index is 8.57. The first-order valence-electron chi connectivity index (χ1n) is 6.52. The van der Waals surface area contributed by atoms with Crippen molar-refractivity contribution in [1.29, 1.82) is 5.26 Å². The summed E-state index contributed by atoms with van der Waals surface area (Å²) in [5.74, 6) is 0. The first-order chi connectivity index (χ1) is 9.38. The molecule has 0 radical (unpaired) electrons. The summed E-state index contributed by atoms with van der Waals surface area (Å²) < 4.78 is 0. The van der Waals surface area contributed by atoms with Gasteiger partial charge < -0.3 is 0 Å². The highest BCUT2D eigenvalue weighted by Gasteiger charge is 2.02. The molecule has 0 unspecified atom stereocenters. The van der Waals surface area contributed by atoms with E-state index in [1.807, 2.05) is 24.4 Å². The molecule has 0 atom stereocenters. The molecule has 0 saturated carbocycles. The Kier molecular flexibility index (Phi) is 3.12. The van der Waals surface area contributed by atoms with Crippen LogP contribution in [0.25, 0.3) is 21.7 Å². The lowest BCUT2D eigenvalue weighted by molar-refractivity contribution is 0.851. The minimum atomic E-state index is 0.619. The second-order valence-corrected chi connectivity index (χ2v) is 4.71. The molecule has 92 valence electrons. The van der Waals surface area contributed by atoms with E-state index in [1.165, 1.54) is 21.7 Å². The Labute approximate surface area is 112 Å². The topological polar surface area (TPSA) is 36.7 Å². The van der Waals surface area contributed by atoms with Crippen molar-refractivity contribution in [1.82, 2.24) is 4.98 Å². The number of benzene rings is 2. The normalized spacial score (nSPS) is 10.7. The minimum Gasteiger partial charge on any atom is -0.256 e. The Morgan fingerprint density at radius 1 is 1.05 bits per heavy atom. The number of nitriles is 1. The average Bonchev–Trinajstić information content (AvgIpc) is 2.47. The van der Waals surface area contributed by atoms with Gasteiger partial charge >= 0.3 is 0 Å². The van der Waals surface area contributed by atoms with E-state index in [0.717, 1.165) is 18.4 Å². The first-order valence-corrected chi connectivity index (χ1v) is 6.52. The standard InChI is InChI=1S/C17H14N2/c18-10-4-3-5-13-8-9-15-14(11-13)12-19-17-7-2-1-6-16(15)17/h1-2,6-9,11-12H,3-5H2. The van der Waals surface area contributed by atoms with E-state index in [1.54, 1.807) is 0 Å². The van der Waals surface area contributed by atoms with Gasteiger partial charge in [-0.25, -0.2) is 0 Å². The zero-order valence-corrected chi connectivity index (χ0v) is 10.6. The number of unbranched alkanes of at least 4 members (excludes halogenated alkanes) is 1. The Hall–Kier alpha value is -2.40. The molecular weight excluding hydrogens is 232 g/mol. The molecule has 3 aromatic rings. The summed E-state index contributed by atoms with van der Waals surface area (Å²) in [5.41, 5.74) is 2.31. The van der Waals surface area contributed by atoms with Crippen molar-refractivity contribution in [3.8, 4) is 6.07 Å². The third-order valence-electron chi connectivity index (χ3n) is 3.41. The monoisotopic (exact) mass is 246 g/mol. The van der Waals surface area contributed by atoms with Crippen LogP contribution in [0.1, 0.15) is 18.4 Å². The largest absolute Gasteiger partial charge is 0.256 e. The highest BCUT2D eigenvalue weighted by molar-refractivity contribution is 6.05. The molecule has 0 saturated heterocycles. The van der Waals surface area contributed by atoms with Gasteiger partial charge in [0, 0.05) is 23.4 Å². The number of aromatic nitrogens is 1. The molecule has 2 heteroatoms. The molecule has 3 rings (SSSR count). The summed E-state index contributed by atoms with van der Waals surface area (Å²) in [6, 6.07) is 16.9. The summed E-state index contributed by atoms with van der Waals surface area (Å²) in [6.45, 7) is 0. The smallest absolute Gasteiger partial charge is 0.0708 e. The van der Waals surface area contributed by atoms with E-state index >= 15 is 0 Å². The van der Waals surface area contributed by atoms with Crippen molar-refractivity contribution >= 4 is 21.7 Å². The van der Waals surface area contributed by atoms with Crippen molar-refractivity contribution in [2.45, 2.75) is 19.3 Å². The Balaban J connectivity index is 2.05. The van der Waals surface area contributed by atoms with Crippen molar-refractivity contribution in [2.24, 2.45) is 0 Å². The van der Waals surface area contributed by atoms with Gasteiger partial charge in [-0.1, -0.05) is 30.3 Å². The molecule has 2 aromatic carbocycles. The lowest BCUT2D eigenvalue weighted by Gasteiger charge is -2.05. The molecule has 1 aromatic heterocycles. The number of hydrogen-bond donors (Lipinski definition) is 0. The maximum atomic E-state index is 8.57. The summed E-state index contributed by atoms with van der Waals surface area (Å²) in [5, 5.41) is 12.2. The van der Waals surface area contributed by atoms with Crippen molar-refractivity contribution < 1.29 is 0 Å². The molecule has 2 nitrogen and oxygen atoms in total. The van der Waals surface area contributed by atoms with E-state index in [2.05, 4.69) is 35.3 Å². The SMILES string of the molecule is N#CCCCc1ccc2c(cnc3ccccc32)c1. The van der Waals surface area contributed by atoms with Gasteiger partial charge in [-0.15, -0.1) is 0 Å². The Morgan fingerprint density at radius 3 is 2.84 bits per heavy atom. The fraction of sp³-hybridized carbons (Fsp3) is 0.176. The molecule has 0 amide bonds. The van der Waals surface area contributed by atoms with E-state index in [-0.39, 0.29) is 0 Å². The van der Waals surface area contributed by atoms with Crippen LogP contribution in [0, 0.1) is 11.3 Å². The third-order valence-corrected chi connectivity index (χ3v) is 3.41. The van der Waals surface area contributed by atoms with Gasteiger partial charge in [0.15, 0.2) is 0 Å². The van der Waals surface area contributed by atoms with Gasteiger partial charge in [0.1, 0.15) is 0 Å². The van der Waals surface area contributed by atoms with E-state index in [0.29, 0.717) is 6.42 Å². The number of nitrogens with zero attached hydrogens (tertiary/aromatic N) is 2. The van der Waals surface area contributed by atoms with Crippen LogP contribution in [0.2, 0.25) is 0 Å². The van der Waals surface area contributed by atoms with Crippen LogP contribution in [0.4, 0.5) is 0 Å². The number of aryl methyl sites for hydroxylation is 1. The second kappa shape index (κ2) is 5.07. The average molecular weight is 246 g/mol. The van der Waals surface area contributed by atoms with Crippen LogP contribution in [0.3, 0.4) is 0 Å². The number of hydrogen-bond acceptors (Lipinski definition) is 2. The van der Waals surface area contributed by atoms with Crippen LogP contribution in [-0.4, -0.2) is 4.98 Å². The van der Waals surface area contributed by atoms with Gasteiger partial charge in [0.25, 0.3) is 0 Å². The molecule has 0 N–H and O–H groups in total. The van der Waals surface area contributed by atoms with Crippen molar-refractivity contribution in [3.05, 3.63) is 54.2 Å². The van der Waals surface area contributed by atoms with Crippen LogP contribution < -0.4 is 0 Å².